The van der Waals surface area contributed by atoms with Crippen molar-refractivity contribution < 1.29 is 4.42 Å². The molecule has 1 nitrogen and oxygen atoms in total. The Morgan fingerprint density at radius 1 is 0.581 bits per heavy atom. The molecule has 0 atom stereocenters. The predicted octanol–water partition coefficient (Wildman–Crippen LogP) is 9.43. The highest BCUT2D eigenvalue weighted by Gasteiger charge is 2.18. The zero-order valence-electron chi connectivity index (χ0n) is 16.4. The Kier molecular flexibility index (Phi) is 3.55. The van der Waals surface area contributed by atoms with Gasteiger partial charge in [0.15, 0.2) is 0 Å². The number of hydrogen-bond donors (Lipinski definition) is 0. The van der Waals surface area contributed by atoms with Gasteiger partial charge in [0.2, 0.25) is 0 Å². The first-order valence-corrected chi connectivity index (χ1v) is 11.4. The van der Waals surface area contributed by atoms with E-state index >= 15 is 0 Å². The molecular weight excluding hydrogens is 420 g/mol. The number of halogens is 1. The van der Waals surface area contributed by atoms with E-state index in [1.54, 1.807) is 0 Å². The van der Waals surface area contributed by atoms with Gasteiger partial charge in [0.1, 0.15) is 11.2 Å². The summed E-state index contributed by atoms with van der Waals surface area (Å²) in [5.74, 6) is 0. The van der Waals surface area contributed by atoms with Gasteiger partial charge in [0.05, 0.1) is 5.02 Å². The van der Waals surface area contributed by atoms with E-state index in [1.807, 2.05) is 17.4 Å². The highest BCUT2D eigenvalue weighted by Crippen LogP contribution is 2.45. The number of fused-ring (bicyclic) bond motifs is 7. The van der Waals surface area contributed by atoms with Crippen LogP contribution in [0.4, 0.5) is 0 Å². The molecule has 0 saturated carbocycles. The Balaban J connectivity index is 1.59. The fourth-order valence-electron chi connectivity index (χ4n) is 4.72. The van der Waals surface area contributed by atoms with Crippen molar-refractivity contribution in [2.45, 2.75) is 0 Å². The molecule has 146 valence electrons. The van der Waals surface area contributed by atoms with Crippen molar-refractivity contribution in [2.24, 2.45) is 0 Å². The molecule has 0 amide bonds. The Bertz CT molecular complexity index is 1810. The molecule has 0 radical (unpaired) electrons. The summed E-state index contributed by atoms with van der Waals surface area (Å²) in [4.78, 5) is 0. The molecule has 7 aromatic rings. The minimum Gasteiger partial charge on any atom is -0.456 e. The SMILES string of the molecule is Clc1c(-c2cccc3sc4ccccc4c23)ccc2oc3cc4ccccc4cc3c12. The lowest BCUT2D eigenvalue weighted by molar-refractivity contribution is 0.669. The molecule has 0 saturated heterocycles. The summed E-state index contributed by atoms with van der Waals surface area (Å²) in [6, 6.07) is 31.8. The van der Waals surface area contributed by atoms with E-state index in [9.17, 15) is 0 Å². The number of furan rings is 1. The summed E-state index contributed by atoms with van der Waals surface area (Å²) in [6.45, 7) is 0. The Labute approximate surface area is 187 Å². The van der Waals surface area contributed by atoms with E-state index in [0.717, 1.165) is 38.1 Å². The van der Waals surface area contributed by atoms with Gasteiger partial charge in [-0.05, 0) is 52.7 Å². The molecule has 0 aliphatic heterocycles. The molecule has 31 heavy (non-hydrogen) atoms. The van der Waals surface area contributed by atoms with Gasteiger partial charge in [-0.2, -0.15) is 0 Å². The van der Waals surface area contributed by atoms with Crippen LogP contribution in [-0.4, -0.2) is 0 Å². The molecule has 2 aromatic heterocycles. The normalized spacial score (nSPS) is 12.0. The van der Waals surface area contributed by atoms with Gasteiger partial charge in [-0.25, -0.2) is 0 Å². The van der Waals surface area contributed by atoms with Crippen LogP contribution in [0.25, 0.3) is 64.0 Å². The molecule has 3 heteroatoms. The molecular formula is C28H15ClOS. The van der Waals surface area contributed by atoms with Gasteiger partial charge in [-0.3, -0.25) is 0 Å². The highest BCUT2D eigenvalue weighted by atomic mass is 35.5. The lowest BCUT2D eigenvalue weighted by atomic mass is 9.97. The summed E-state index contributed by atoms with van der Waals surface area (Å²) in [5, 5.41) is 7.68. The summed E-state index contributed by atoms with van der Waals surface area (Å²) >= 11 is 8.93. The third kappa shape index (κ3) is 2.43. The Morgan fingerprint density at radius 2 is 1.35 bits per heavy atom. The first kappa shape index (κ1) is 17.4. The molecule has 0 aliphatic rings. The second-order valence-corrected chi connectivity index (χ2v) is 9.34. The molecule has 5 aromatic carbocycles. The van der Waals surface area contributed by atoms with Crippen molar-refractivity contribution >= 4 is 75.8 Å². The quantitative estimate of drug-likeness (QED) is 0.251. The zero-order valence-corrected chi connectivity index (χ0v) is 17.9. The number of thiophene rings is 1. The molecule has 0 N–H and O–H groups in total. The molecule has 0 spiro atoms. The van der Waals surface area contributed by atoms with Crippen molar-refractivity contribution in [1.29, 1.82) is 0 Å². The minimum absolute atomic E-state index is 0.745. The van der Waals surface area contributed by atoms with E-state index in [4.69, 9.17) is 16.0 Å². The fraction of sp³-hybridized carbons (Fsp3) is 0. The maximum Gasteiger partial charge on any atom is 0.136 e. The second-order valence-electron chi connectivity index (χ2n) is 7.87. The third-order valence-corrected chi connectivity index (χ3v) is 7.66. The summed E-state index contributed by atoms with van der Waals surface area (Å²) < 4.78 is 8.76. The van der Waals surface area contributed by atoms with Crippen molar-refractivity contribution in [3.63, 3.8) is 0 Å². The van der Waals surface area contributed by atoms with Crippen LogP contribution in [0.5, 0.6) is 0 Å². The average molecular weight is 435 g/mol. The standard InChI is InChI=1S/C28H15ClOS/c29-28-19(18-9-5-11-25-26(18)20-8-3-4-10-24(20)31-25)12-13-22-27(28)21-14-16-6-1-2-7-17(16)15-23(21)30-22/h1-15H. The monoisotopic (exact) mass is 434 g/mol. The van der Waals surface area contributed by atoms with E-state index in [1.165, 1.54) is 30.9 Å². The average Bonchev–Trinajstić information content (AvgIpc) is 3.36. The summed E-state index contributed by atoms with van der Waals surface area (Å²) in [5.41, 5.74) is 3.89. The van der Waals surface area contributed by atoms with Gasteiger partial charge >= 0.3 is 0 Å². The second kappa shape index (κ2) is 6.34. The van der Waals surface area contributed by atoms with E-state index in [-0.39, 0.29) is 0 Å². The number of rotatable bonds is 1. The van der Waals surface area contributed by atoms with E-state index in [2.05, 4.69) is 84.9 Å². The molecule has 0 unspecified atom stereocenters. The van der Waals surface area contributed by atoms with Crippen LogP contribution in [0.3, 0.4) is 0 Å². The molecule has 0 fully saturated rings. The van der Waals surface area contributed by atoms with E-state index in [0.29, 0.717) is 0 Å². The Hall–Kier alpha value is -3.33. The van der Waals surface area contributed by atoms with Gasteiger partial charge in [0, 0.05) is 36.5 Å². The minimum atomic E-state index is 0.745. The smallest absolute Gasteiger partial charge is 0.136 e. The summed E-state index contributed by atoms with van der Waals surface area (Å²) in [7, 11) is 0. The largest absolute Gasteiger partial charge is 0.456 e. The van der Waals surface area contributed by atoms with Crippen LogP contribution >= 0.6 is 22.9 Å². The zero-order chi connectivity index (χ0) is 20.5. The first-order valence-electron chi connectivity index (χ1n) is 10.2. The maximum atomic E-state index is 7.11. The van der Waals surface area contributed by atoms with Crippen LogP contribution < -0.4 is 0 Å². The van der Waals surface area contributed by atoms with E-state index < -0.39 is 0 Å². The van der Waals surface area contributed by atoms with Crippen LogP contribution in [0.15, 0.2) is 95.4 Å². The third-order valence-electron chi connectivity index (χ3n) is 6.13. The van der Waals surface area contributed by atoms with Crippen LogP contribution in [0.1, 0.15) is 0 Å². The Morgan fingerprint density at radius 3 is 2.26 bits per heavy atom. The lowest BCUT2D eigenvalue weighted by Gasteiger charge is -2.08. The predicted molar refractivity (Wildman–Crippen MR) is 135 cm³/mol. The lowest BCUT2D eigenvalue weighted by Crippen LogP contribution is -1.82. The molecule has 0 bridgehead atoms. The summed E-state index contributed by atoms with van der Waals surface area (Å²) in [6.07, 6.45) is 0. The fourth-order valence-corrected chi connectivity index (χ4v) is 6.21. The van der Waals surface area contributed by atoms with Gasteiger partial charge in [-0.15, -0.1) is 11.3 Å². The van der Waals surface area contributed by atoms with Crippen LogP contribution in [0, 0.1) is 0 Å². The number of hydrogen-bond acceptors (Lipinski definition) is 2. The van der Waals surface area contributed by atoms with Crippen molar-refractivity contribution in [1.82, 2.24) is 0 Å². The van der Waals surface area contributed by atoms with Crippen LogP contribution in [0.2, 0.25) is 5.02 Å². The van der Waals surface area contributed by atoms with Crippen molar-refractivity contribution in [2.75, 3.05) is 0 Å². The van der Waals surface area contributed by atoms with Crippen molar-refractivity contribution in [3.05, 3.63) is 96.0 Å². The van der Waals surface area contributed by atoms with Crippen LogP contribution in [-0.2, 0) is 0 Å². The molecule has 0 aliphatic carbocycles. The first-order chi connectivity index (χ1) is 15.3. The van der Waals surface area contributed by atoms with Gasteiger partial charge in [0.25, 0.3) is 0 Å². The van der Waals surface area contributed by atoms with Gasteiger partial charge < -0.3 is 4.42 Å². The maximum absolute atomic E-state index is 7.11. The molecule has 7 rings (SSSR count). The van der Waals surface area contributed by atoms with Crippen molar-refractivity contribution in [3.8, 4) is 11.1 Å². The highest BCUT2D eigenvalue weighted by molar-refractivity contribution is 7.25. The molecule has 2 heterocycles. The van der Waals surface area contributed by atoms with Gasteiger partial charge in [-0.1, -0.05) is 66.2 Å². The number of benzene rings is 5. The topological polar surface area (TPSA) is 13.1 Å².